The SMILES string of the molecule is CCCCC(CC)Cc1ccc(-c2c3c[c]([Sn]([CH3])([CH3])[CH3])sc3c(-c3ccc(CC(CC)CCCC)o3)c3c[c]([Sn]([CH3])([CH3])[CH3])sc23)o1. The van der Waals surface area contributed by atoms with Crippen LogP contribution >= 0.6 is 22.7 Å². The van der Waals surface area contributed by atoms with Gasteiger partial charge in [-0.1, -0.05) is 13.8 Å². The zero-order valence-corrected chi connectivity index (χ0v) is 37.7. The molecule has 250 valence electrons. The van der Waals surface area contributed by atoms with E-state index in [2.05, 4.69) is 93.7 Å². The Bertz CT molecular complexity index is 1560. The molecule has 1 aromatic carbocycles. The molecule has 5 rings (SSSR count). The van der Waals surface area contributed by atoms with E-state index in [1.54, 1.807) is 5.79 Å². The molecule has 0 spiro atoms. The van der Waals surface area contributed by atoms with Crippen LogP contribution in [0.3, 0.4) is 0 Å². The van der Waals surface area contributed by atoms with E-state index in [1.165, 1.54) is 82.7 Å². The summed E-state index contributed by atoms with van der Waals surface area (Å²) in [7, 11) is 0. The minimum atomic E-state index is -2.39. The third kappa shape index (κ3) is 8.18. The monoisotopic (exact) mass is 874 g/mol. The van der Waals surface area contributed by atoms with Crippen molar-refractivity contribution in [2.24, 2.45) is 11.8 Å². The van der Waals surface area contributed by atoms with Crippen molar-refractivity contribution >= 4 is 85.4 Å². The fourth-order valence-electron chi connectivity index (χ4n) is 6.70. The van der Waals surface area contributed by atoms with Gasteiger partial charge in [-0.2, -0.15) is 0 Å². The number of thiophene rings is 2. The van der Waals surface area contributed by atoms with E-state index in [0.29, 0.717) is 11.8 Å². The van der Waals surface area contributed by atoms with Gasteiger partial charge in [0.15, 0.2) is 0 Å². The molecule has 0 N–H and O–H groups in total. The van der Waals surface area contributed by atoms with Crippen LogP contribution in [0.1, 0.15) is 90.6 Å². The first-order valence-corrected chi connectivity index (χ1v) is 39.7. The molecule has 0 aliphatic carbocycles. The third-order valence-corrected chi connectivity index (χ3v) is 31.0. The summed E-state index contributed by atoms with van der Waals surface area (Å²) >= 11 is -0.674. The average molecular weight is 872 g/mol. The molecule has 0 saturated carbocycles. The zero-order chi connectivity index (χ0) is 33.2. The van der Waals surface area contributed by atoms with Crippen LogP contribution in [0.25, 0.3) is 42.8 Å². The van der Waals surface area contributed by atoms with E-state index in [4.69, 9.17) is 8.83 Å². The number of rotatable bonds is 16. The second kappa shape index (κ2) is 15.5. The van der Waals surface area contributed by atoms with E-state index in [9.17, 15) is 0 Å². The van der Waals surface area contributed by atoms with Crippen LogP contribution in [-0.2, 0) is 12.8 Å². The van der Waals surface area contributed by atoms with Crippen LogP contribution in [0.15, 0.2) is 45.2 Å². The summed E-state index contributed by atoms with van der Waals surface area (Å²) in [4.78, 5) is 15.3. The first kappa shape index (κ1) is 36.6. The van der Waals surface area contributed by atoms with E-state index in [-0.39, 0.29) is 0 Å². The molecule has 5 aromatic rings. The number of fused-ring (bicyclic) bond motifs is 2. The van der Waals surface area contributed by atoms with Gasteiger partial charge < -0.3 is 0 Å². The Morgan fingerprint density at radius 3 is 1.30 bits per heavy atom. The Morgan fingerprint density at radius 2 is 0.978 bits per heavy atom. The summed E-state index contributed by atoms with van der Waals surface area (Å²) in [6, 6.07) is 14.2. The van der Waals surface area contributed by atoms with Crippen LogP contribution in [0.2, 0.25) is 29.6 Å². The van der Waals surface area contributed by atoms with Crippen LogP contribution in [0.5, 0.6) is 0 Å². The van der Waals surface area contributed by atoms with Gasteiger partial charge in [-0.3, -0.25) is 0 Å². The second-order valence-electron chi connectivity index (χ2n) is 15.7. The molecular weight excluding hydrogens is 814 g/mol. The van der Waals surface area contributed by atoms with Gasteiger partial charge in [-0.15, -0.1) is 0 Å². The number of unbranched alkanes of at least 4 members (excludes halogenated alkanes) is 2. The van der Waals surface area contributed by atoms with Crippen LogP contribution in [-0.4, -0.2) is 36.8 Å². The standard InChI is InChI=1S/C34H40O2S2.6CH3.2Sn/c1-5-9-11-23(7-3)21-25-13-15-29(35-25)31-27-17-19-38-34(27)32(28-18-20-37-33(28)31)30-16-14-26(36-30)22-24(8-4)12-10-6-2;;;;;;;;/h13-18,23-24H,5-12,21-22H2,1-4H3;6*1H3;;. The van der Waals surface area contributed by atoms with Crippen molar-refractivity contribution in [2.75, 3.05) is 0 Å². The quantitative estimate of drug-likeness (QED) is 0.0924. The Kier molecular flexibility index (Phi) is 12.3. The van der Waals surface area contributed by atoms with Crippen molar-refractivity contribution in [3.05, 3.63) is 47.9 Å². The summed E-state index contributed by atoms with van der Waals surface area (Å²) < 4.78 is 19.7. The molecule has 0 fully saturated rings. The first-order valence-electron chi connectivity index (χ1n) is 18.1. The van der Waals surface area contributed by atoms with Crippen molar-refractivity contribution in [1.82, 2.24) is 0 Å². The average Bonchev–Trinajstić information content (AvgIpc) is 3.81. The van der Waals surface area contributed by atoms with Crippen molar-refractivity contribution in [2.45, 2.75) is 122 Å². The molecule has 0 radical (unpaired) electrons. The van der Waals surface area contributed by atoms with E-state index in [1.807, 2.05) is 22.7 Å². The Labute approximate surface area is 295 Å². The maximum atomic E-state index is 6.85. The Morgan fingerprint density at radius 1 is 0.587 bits per heavy atom. The molecule has 2 atom stereocenters. The fraction of sp³-hybridized carbons (Fsp3) is 0.550. The van der Waals surface area contributed by atoms with E-state index in [0.717, 1.165) is 35.9 Å². The molecule has 2 unspecified atom stereocenters. The first-order chi connectivity index (χ1) is 21.9. The molecule has 0 saturated heterocycles. The molecule has 46 heavy (non-hydrogen) atoms. The van der Waals surface area contributed by atoms with E-state index >= 15 is 0 Å². The number of hydrogen-bond donors (Lipinski definition) is 0. The molecule has 2 nitrogen and oxygen atoms in total. The van der Waals surface area contributed by atoms with Crippen LogP contribution in [0, 0.1) is 11.8 Å². The predicted octanol–water partition coefficient (Wildman–Crippen LogP) is 13.2. The van der Waals surface area contributed by atoms with Gasteiger partial charge in [-0.05, 0) is 0 Å². The minimum absolute atomic E-state index is 0.690. The van der Waals surface area contributed by atoms with Crippen molar-refractivity contribution in [3.8, 4) is 22.6 Å². The van der Waals surface area contributed by atoms with Gasteiger partial charge in [-0.25, -0.2) is 0 Å². The molecule has 6 heteroatoms. The summed E-state index contributed by atoms with van der Waals surface area (Å²) in [5.74, 6) is 5.77. The summed E-state index contributed by atoms with van der Waals surface area (Å²) in [5, 5.41) is 2.75. The molecule has 4 aromatic heterocycles. The molecule has 0 aliphatic heterocycles. The van der Waals surface area contributed by atoms with Gasteiger partial charge >= 0.3 is 284 Å². The summed E-state index contributed by atoms with van der Waals surface area (Å²) in [6.07, 6.45) is 12.2. The van der Waals surface area contributed by atoms with Gasteiger partial charge in [0, 0.05) is 0 Å². The second-order valence-corrected chi connectivity index (χ2v) is 48.7. The van der Waals surface area contributed by atoms with Gasteiger partial charge in [0.05, 0.1) is 0 Å². The normalized spacial score (nSPS) is 14.1. The summed E-state index contributed by atoms with van der Waals surface area (Å²) in [6.45, 7) is 9.26. The van der Waals surface area contributed by atoms with E-state index < -0.39 is 36.8 Å². The molecule has 0 amide bonds. The number of furan rings is 2. The Balaban J connectivity index is 1.71. The predicted molar refractivity (Wildman–Crippen MR) is 213 cm³/mol. The van der Waals surface area contributed by atoms with Gasteiger partial charge in [0.25, 0.3) is 0 Å². The molecule has 0 aliphatic rings. The maximum absolute atomic E-state index is 6.85. The van der Waals surface area contributed by atoms with Crippen molar-refractivity contribution < 1.29 is 8.83 Å². The zero-order valence-electron chi connectivity index (χ0n) is 30.3. The fourth-order valence-corrected chi connectivity index (χ4v) is 19.6. The summed E-state index contributed by atoms with van der Waals surface area (Å²) in [5.41, 5.74) is 2.65. The number of benzene rings is 1. The molecule has 0 bridgehead atoms. The van der Waals surface area contributed by atoms with Crippen LogP contribution in [0.4, 0.5) is 0 Å². The number of hydrogen-bond acceptors (Lipinski definition) is 4. The third-order valence-electron chi connectivity index (χ3n) is 9.82. The van der Waals surface area contributed by atoms with Crippen molar-refractivity contribution in [3.63, 3.8) is 0 Å². The van der Waals surface area contributed by atoms with Crippen molar-refractivity contribution in [1.29, 1.82) is 0 Å². The topological polar surface area (TPSA) is 26.3 Å². The van der Waals surface area contributed by atoms with Gasteiger partial charge in [0.1, 0.15) is 0 Å². The Hall–Kier alpha value is -0.703. The molecular formula is C40H58O2S2Sn2. The van der Waals surface area contributed by atoms with Gasteiger partial charge in [0.2, 0.25) is 0 Å². The molecule has 4 heterocycles. The van der Waals surface area contributed by atoms with Crippen LogP contribution < -0.4 is 5.79 Å².